The molecule has 1 amide bonds. The van der Waals surface area contributed by atoms with Gasteiger partial charge in [-0.2, -0.15) is 10.2 Å². The number of esters is 1. The molecule has 3 aromatic rings. The molecule has 2 aromatic carbocycles. The molecule has 0 radical (unpaired) electrons. The fraction of sp³-hybridized carbons (Fsp3) is 0.367. The van der Waals surface area contributed by atoms with E-state index in [1.54, 1.807) is 4.90 Å². The minimum absolute atomic E-state index is 0.116. The summed E-state index contributed by atoms with van der Waals surface area (Å²) in [5.41, 5.74) is 1.82. The molecule has 10 nitrogen and oxygen atoms in total. The van der Waals surface area contributed by atoms with Crippen molar-refractivity contribution in [2.45, 2.75) is 50.1 Å². The van der Waals surface area contributed by atoms with Gasteiger partial charge in [-0.15, -0.1) is 0 Å². The average molecular weight is 592 g/mol. The predicted molar refractivity (Wildman–Crippen MR) is 153 cm³/mol. The lowest BCUT2D eigenvalue weighted by molar-refractivity contribution is -0.132. The zero-order valence-corrected chi connectivity index (χ0v) is 24.1. The van der Waals surface area contributed by atoms with Crippen LogP contribution in [-0.2, 0) is 22.6 Å². The highest BCUT2D eigenvalue weighted by Gasteiger charge is 2.36. The van der Waals surface area contributed by atoms with E-state index in [-0.39, 0.29) is 24.3 Å². The largest absolute Gasteiger partial charge is 0.469 e. The molecule has 0 spiro atoms. The molecule has 0 N–H and O–H groups in total. The monoisotopic (exact) mass is 591 g/mol. The van der Waals surface area contributed by atoms with Crippen molar-refractivity contribution in [2.24, 2.45) is 0 Å². The number of halogens is 1. The summed E-state index contributed by atoms with van der Waals surface area (Å²) < 4.78 is 32.0. The molecule has 0 bridgehead atoms. The summed E-state index contributed by atoms with van der Waals surface area (Å²) in [7, 11) is 0. The third-order valence-corrected chi connectivity index (χ3v) is 7.70. The number of nitriles is 1. The normalized spacial score (nSPS) is 18.0. The molecule has 2 atom stereocenters. The molecule has 1 saturated heterocycles. The fourth-order valence-electron chi connectivity index (χ4n) is 5.22. The molecule has 0 aliphatic carbocycles. The molecular formula is C30H30FN5O5S. The van der Waals surface area contributed by atoms with Crippen molar-refractivity contribution >= 4 is 29.6 Å². The van der Waals surface area contributed by atoms with Crippen LogP contribution in [0, 0.1) is 17.1 Å². The highest BCUT2D eigenvalue weighted by atomic mass is 32.2. The molecule has 2 aliphatic rings. The number of carbonyl (C=O) groups excluding carboxylic acids is 2. The zero-order chi connectivity index (χ0) is 29.6. The SMILES string of the molecule is CSc1nc2c(c(N3CCN(C(=O)OCc4ccccc4)C(CC#N)C3)n1)CCC(c1c(F)cccc1OC(C)=O)O2. The molecule has 2 unspecified atom stereocenters. The number of nitrogens with zero attached hydrogens (tertiary/aromatic N) is 5. The third-order valence-electron chi connectivity index (χ3n) is 7.16. The Morgan fingerprint density at radius 2 is 1.98 bits per heavy atom. The van der Waals surface area contributed by atoms with Gasteiger partial charge < -0.3 is 24.0 Å². The highest BCUT2D eigenvalue weighted by Crippen LogP contribution is 2.42. The van der Waals surface area contributed by atoms with Crippen LogP contribution in [0.2, 0.25) is 0 Å². The maximum Gasteiger partial charge on any atom is 0.410 e. The Hall–Kier alpha value is -4.37. The van der Waals surface area contributed by atoms with Crippen molar-refractivity contribution in [2.75, 3.05) is 30.8 Å². The Morgan fingerprint density at radius 3 is 2.71 bits per heavy atom. The molecule has 42 heavy (non-hydrogen) atoms. The fourth-order valence-corrected chi connectivity index (χ4v) is 5.57. The number of thioether (sulfide) groups is 1. The zero-order valence-electron chi connectivity index (χ0n) is 23.3. The molecular weight excluding hydrogens is 561 g/mol. The van der Waals surface area contributed by atoms with Gasteiger partial charge in [0.2, 0.25) is 5.88 Å². The maximum absolute atomic E-state index is 15.0. The first-order valence-electron chi connectivity index (χ1n) is 13.6. The van der Waals surface area contributed by atoms with Gasteiger partial charge in [-0.1, -0.05) is 48.2 Å². The van der Waals surface area contributed by atoms with Crippen LogP contribution in [0.5, 0.6) is 11.6 Å². The number of ether oxygens (including phenoxy) is 3. The smallest absolute Gasteiger partial charge is 0.410 e. The summed E-state index contributed by atoms with van der Waals surface area (Å²) >= 11 is 1.34. The van der Waals surface area contributed by atoms with Crippen LogP contribution >= 0.6 is 11.8 Å². The first kappa shape index (κ1) is 29.1. The van der Waals surface area contributed by atoms with Crippen LogP contribution in [0.15, 0.2) is 53.7 Å². The van der Waals surface area contributed by atoms with E-state index in [0.29, 0.717) is 49.3 Å². The van der Waals surface area contributed by atoms with E-state index < -0.39 is 30.0 Å². The quantitative estimate of drug-likeness (QED) is 0.159. The van der Waals surface area contributed by atoms with Gasteiger partial charge in [0.05, 0.1) is 29.7 Å². The number of hydrogen-bond acceptors (Lipinski definition) is 10. The molecule has 2 aliphatic heterocycles. The molecule has 0 saturated carbocycles. The van der Waals surface area contributed by atoms with E-state index in [9.17, 15) is 19.2 Å². The average Bonchev–Trinajstić information content (AvgIpc) is 2.99. The second-order valence-electron chi connectivity index (χ2n) is 9.90. The molecule has 3 heterocycles. The van der Waals surface area contributed by atoms with Crippen LogP contribution in [0.3, 0.4) is 0 Å². The highest BCUT2D eigenvalue weighted by molar-refractivity contribution is 7.98. The van der Waals surface area contributed by atoms with E-state index in [2.05, 4.69) is 11.1 Å². The van der Waals surface area contributed by atoms with Crippen LogP contribution in [0.1, 0.15) is 42.6 Å². The lowest BCUT2D eigenvalue weighted by atomic mass is 9.97. The summed E-state index contributed by atoms with van der Waals surface area (Å²) in [5.74, 6) is 0.0272. The Labute approximate surface area is 247 Å². The minimum atomic E-state index is -0.715. The van der Waals surface area contributed by atoms with Crippen LogP contribution in [-0.4, -0.2) is 58.9 Å². The Morgan fingerprint density at radius 1 is 1.17 bits per heavy atom. The first-order chi connectivity index (χ1) is 20.4. The van der Waals surface area contributed by atoms with Gasteiger partial charge in [-0.05, 0) is 36.8 Å². The number of anilines is 1. The van der Waals surface area contributed by atoms with Crippen molar-refractivity contribution in [3.8, 4) is 17.7 Å². The van der Waals surface area contributed by atoms with Crippen molar-refractivity contribution in [1.29, 1.82) is 5.26 Å². The minimum Gasteiger partial charge on any atom is -0.469 e. The van der Waals surface area contributed by atoms with Gasteiger partial charge >= 0.3 is 12.1 Å². The van der Waals surface area contributed by atoms with Crippen LogP contribution in [0.4, 0.5) is 15.0 Å². The van der Waals surface area contributed by atoms with E-state index in [4.69, 9.17) is 19.2 Å². The summed E-state index contributed by atoms with van der Waals surface area (Å²) in [6.45, 7) is 2.59. The molecule has 5 rings (SSSR count). The lowest BCUT2D eigenvalue weighted by Gasteiger charge is -2.41. The Balaban J connectivity index is 1.37. The van der Waals surface area contributed by atoms with E-state index in [1.165, 1.54) is 36.9 Å². The summed E-state index contributed by atoms with van der Waals surface area (Å²) in [4.78, 5) is 37.6. The number of benzene rings is 2. The van der Waals surface area contributed by atoms with Gasteiger partial charge in [0.25, 0.3) is 0 Å². The molecule has 12 heteroatoms. The number of hydrogen-bond donors (Lipinski definition) is 0. The van der Waals surface area contributed by atoms with Crippen LogP contribution < -0.4 is 14.4 Å². The number of fused-ring (bicyclic) bond motifs is 1. The van der Waals surface area contributed by atoms with E-state index in [0.717, 1.165) is 11.1 Å². The summed E-state index contributed by atoms with van der Waals surface area (Å²) in [5, 5.41) is 10.0. The van der Waals surface area contributed by atoms with Gasteiger partial charge in [0.15, 0.2) is 5.16 Å². The topological polar surface area (TPSA) is 118 Å². The van der Waals surface area contributed by atoms with Crippen molar-refractivity contribution in [3.63, 3.8) is 0 Å². The Kier molecular flexibility index (Phi) is 9.07. The van der Waals surface area contributed by atoms with Gasteiger partial charge in [0.1, 0.15) is 30.1 Å². The second kappa shape index (κ2) is 13.1. The number of rotatable bonds is 7. The van der Waals surface area contributed by atoms with Crippen molar-refractivity contribution < 1.29 is 28.2 Å². The lowest BCUT2D eigenvalue weighted by Crippen LogP contribution is -2.55. The molecule has 1 aromatic heterocycles. The Bertz CT molecular complexity index is 1500. The second-order valence-corrected chi connectivity index (χ2v) is 10.7. The van der Waals surface area contributed by atoms with E-state index >= 15 is 0 Å². The first-order valence-corrected chi connectivity index (χ1v) is 14.8. The van der Waals surface area contributed by atoms with Gasteiger partial charge in [-0.25, -0.2) is 14.2 Å². The number of carbonyl (C=O) groups is 2. The summed E-state index contributed by atoms with van der Waals surface area (Å²) in [6.07, 6.45) is 1.69. The summed E-state index contributed by atoms with van der Waals surface area (Å²) in [6, 6.07) is 15.5. The maximum atomic E-state index is 15.0. The van der Waals surface area contributed by atoms with E-state index in [1.807, 2.05) is 41.5 Å². The van der Waals surface area contributed by atoms with Crippen molar-refractivity contribution in [1.82, 2.24) is 14.9 Å². The van der Waals surface area contributed by atoms with Gasteiger partial charge in [0, 0.05) is 26.6 Å². The van der Waals surface area contributed by atoms with Crippen molar-refractivity contribution in [3.05, 3.63) is 71.0 Å². The van der Waals surface area contributed by atoms with Crippen LogP contribution in [0.25, 0.3) is 0 Å². The van der Waals surface area contributed by atoms with Gasteiger partial charge in [-0.3, -0.25) is 4.79 Å². The predicted octanol–water partition coefficient (Wildman–Crippen LogP) is 5.07. The number of piperazine rings is 1. The third kappa shape index (κ3) is 6.41. The molecule has 1 fully saturated rings. The molecule has 218 valence electrons. The standard InChI is InChI=1S/C30H30FN5O5S/c1-19(37)40-24-10-6-9-23(31)26(24)25-12-11-22-27(33-29(42-2)34-28(22)41-25)35-15-16-36(21(17-35)13-14-32)30(38)39-18-20-7-4-3-5-8-20/h3-10,21,25H,11-13,15-18H2,1-2H3. The number of amides is 1. The number of aromatic nitrogens is 2.